The highest BCUT2D eigenvalue weighted by Gasteiger charge is 2.27. The maximum absolute atomic E-state index is 12.5. The average molecular weight is 466 g/mol. The van der Waals surface area contributed by atoms with Gasteiger partial charge in [0, 0.05) is 6.07 Å². The molecule has 0 radical (unpaired) electrons. The molecule has 0 fully saturated rings. The van der Waals surface area contributed by atoms with Crippen molar-refractivity contribution in [1.82, 2.24) is 5.32 Å². The second-order valence-electron chi connectivity index (χ2n) is 5.88. The quantitative estimate of drug-likeness (QED) is 0.273. The lowest BCUT2D eigenvalue weighted by Crippen LogP contribution is -2.34. The van der Waals surface area contributed by atoms with Gasteiger partial charge in [0.05, 0.1) is 23.7 Å². The molecule has 12 heteroatoms. The van der Waals surface area contributed by atoms with Gasteiger partial charge in [0.25, 0.3) is 11.6 Å². The highest BCUT2D eigenvalue weighted by Crippen LogP contribution is 2.34. The Kier molecular flexibility index (Phi) is 8.16. The van der Waals surface area contributed by atoms with Crippen molar-refractivity contribution in [3.8, 4) is 0 Å². The average Bonchev–Trinajstić information content (AvgIpc) is 3.04. The van der Waals surface area contributed by atoms with Gasteiger partial charge in [-0.2, -0.15) is 0 Å². The van der Waals surface area contributed by atoms with Crippen LogP contribution in [0, 0.1) is 17.0 Å². The molecule has 0 aliphatic heterocycles. The lowest BCUT2D eigenvalue weighted by atomic mass is 10.1. The topological polar surface area (TPSA) is 137 Å². The van der Waals surface area contributed by atoms with Crippen LogP contribution in [0.1, 0.15) is 49.8 Å². The number of carbonyl (C=O) groups is 3. The minimum Gasteiger partial charge on any atom is -0.462 e. The second-order valence-corrected chi connectivity index (χ2v) is 7.31. The van der Waals surface area contributed by atoms with Gasteiger partial charge in [-0.3, -0.25) is 20.2 Å². The Bertz CT molecular complexity index is 1050. The molecule has 0 bridgehead atoms. The van der Waals surface area contributed by atoms with E-state index in [9.17, 15) is 24.5 Å². The zero-order valence-corrected chi connectivity index (χ0v) is 18.5. The van der Waals surface area contributed by atoms with E-state index in [-0.39, 0.29) is 45.0 Å². The summed E-state index contributed by atoms with van der Waals surface area (Å²) in [5.41, 5.74) is -0.141. The second kappa shape index (κ2) is 10.6. The van der Waals surface area contributed by atoms with Crippen LogP contribution in [0.5, 0.6) is 0 Å². The molecule has 0 saturated heterocycles. The first kappa shape index (κ1) is 23.9. The fourth-order valence-corrected chi connectivity index (χ4v) is 3.92. The molecule has 2 rings (SSSR count). The molecule has 2 N–H and O–H groups in total. The largest absolute Gasteiger partial charge is 0.462 e. The normalized spacial score (nSPS) is 10.2. The van der Waals surface area contributed by atoms with E-state index in [1.807, 2.05) is 0 Å². The number of nitrogens with zero attached hydrogens (tertiary/aromatic N) is 1. The zero-order valence-electron chi connectivity index (χ0n) is 16.8. The van der Waals surface area contributed by atoms with Gasteiger partial charge in [-0.25, -0.2) is 9.59 Å². The van der Waals surface area contributed by atoms with Gasteiger partial charge >= 0.3 is 11.9 Å². The van der Waals surface area contributed by atoms with Gasteiger partial charge in [0.1, 0.15) is 15.4 Å². The van der Waals surface area contributed by atoms with Crippen molar-refractivity contribution >= 4 is 57.2 Å². The number of para-hydroxylation sites is 1. The number of nitro groups is 1. The molecule has 2 aromatic rings. The zero-order chi connectivity index (χ0) is 23.1. The number of hydrogen-bond acceptors (Lipinski definition) is 9. The molecule has 10 nitrogen and oxygen atoms in total. The van der Waals surface area contributed by atoms with Crippen LogP contribution >= 0.6 is 23.6 Å². The van der Waals surface area contributed by atoms with Crippen LogP contribution in [0.25, 0.3) is 0 Å². The van der Waals surface area contributed by atoms with Crippen molar-refractivity contribution in [3.63, 3.8) is 0 Å². The number of nitrogens with one attached hydrogen (secondary N) is 2. The number of rotatable bonds is 7. The van der Waals surface area contributed by atoms with E-state index in [1.165, 1.54) is 24.3 Å². The summed E-state index contributed by atoms with van der Waals surface area (Å²) in [6.07, 6.45) is 0. The number of thiophene rings is 1. The Morgan fingerprint density at radius 3 is 2.35 bits per heavy atom. The van der Waals surface area contributed by atoms with Crippen LogP contribution in [0.15, 0.2) is 24.3 Å². The summed E-state index contributed by atoms with van der Waals surface area (Å²) in [5, 5.41) is 16.1. The molecule has 31 heavy (non-hydrogen) atoms. The predicted molar refractivity (Wildman–Crippen MR) is 118 cm³/mol. The SMILES string of the molecule is CCOC(=O)c1sc(NC(=S)NC(=O)c2ccccc2[N+](=O)[O-])c(C(=O)OCC)c1C. The van der Waals surface area contributed by atoms with E-state index in [1.54, 1.807) is 20.8 Å². The molecular formula is C19H19N3O7S2. The summed E-state index contributed by atoms with van der Waals surface area (Å²) in [6, 6.07) is 5.39. The maximum Gasteiger partial charge on any atom is 0.348 e. The number of ether oxygens (including phenoxy) is 2. The Balaban J connectivity index is 2.30. The van der Waals surface area contributed by atoms with Gasteiger partial charge in [0.2, 0.25) is 0 Å². The van der Waals surface area contributed by atoms with Crippen molar-refractivity contribution in [2.45, 2.75) is 20.8 Å². The monoisotopic (exact) mass is 465 g/mol. The molecular weight excluding hydrogens is 446 g/mol. The molecule has 0 unspecified atom stereocenters. The van der Waals surface area contributed by atoms with E-state index in [4.69, 9.17) is 21.7 Å². The molecule has 0 aliphatic rings. The Hall–Kier alpha value is -3.38. The summed E-state index contributed by atoms with van der Waals surface area (Å²) in [7, 11) is 0. The van der Waals surface area contributed by atoms with Gasteiger partial charge in [-0.15, -0.1) is 11.3 Å². The van der Waals surface area contributed by atoms with Crippen LogP contribution < -0.4 is 10.6 Å². The fourth-order valence-electron chi connectivity index (χ4n) is 2.57. The van der Waals surface area contributed by atoms with Crippen molar-refractivity contribution < 1.29 is 28.8 Å². The standard InChI is InChI=1S/C19H19N3O7S2/c1-4-28-17(24)13-10(3)14(18(25)29-5-2)31-16(13)21-19(30)20-15(23)11-8-6-7-9-12(11)22(26)27/h6-9H,4-5H2,1-3H3,(H2,20,21,23,30). The Labute approximate surface area is 186 Å². The number of benzene rings is 1. The number of esters is 2. The lowest BCUT2D eigenvalue weighted by Gasteiger charge is -2.10. The summed E-state index contributed by atoms with van der Waals surface area (Å²) < 4.78 is 10.1. The van der Waals surface area contributed by atoms with Gasteiger partial charge in [-0.1, -0.05) is 12.1 Å². The van der Waals surface area contributed by atoms with E-state index in [0.717, 1.165) is 11.3 Å². The number of amides is 1. The van der Waals surface area contributed by atoms with Crippen LogP contribution in [0.4, 0.5) is 10.7 Å². The third-order valence-electron chi connectivity index (χ3n) is 3.89. The van der Waals surface area contributed by atoms with Crippen molar-refractivity contribution in [2.24, 2.45) is 0 Å². The molecule has 1 heterocycles. The van der Waals surface area contributed by atoms with Crippen molar-refractivity contribution in [3.05, 3.63) is 55.9 Å². The van der Waals surface area contributed by atoms with Crippen LogP contribution in [-0.4, -0.2) is 41.1 Å². The predicted octanol–water partition coefficient (Wildman–Crippen LogP) is 3.44. The van der Waals surface area contributed by atoms with Crippen molar-refractivity contribution in [1.29, 1.82) is 0 Å². The van der Waals surface area contributed by atoms with Crippen LogP contribution in [0.2, 0.25) is 0 Å². The molecule has 164 valence electrons. The highest BCUT2D eigenvalue weighted by molar-refractivity contribution is 7.80. The fraction of sp³-hybridized carbons (Fsp3) is 0.263. The summed E-state index contributed by atoms with van der Waals surface area (Å²) in [6.45, 7) is 5.12. The highest BCUT2D eigenvalue weighted by atomic mass is 32.1. The van der Waals surface area contributed by atoms with Gasteiger partial charge in [0.15, 0.2) is 5.11 Å². The smallest absolute Gasteiger partial charge is 0.348 e. The number of nitro benzene ring substituents is 1. The van der Waals surface area contributed by atoms with Gasteiger partial charge in [-0.05, 0) is 44.6 Å². The number of hydrogen-bond donors (Lipinski definition) is 2. The number of thiocarbonyl (C=S) groups is 1. The molecule has 1 aromatic carbocycles. The Morgan fingerprint density at radius 1 is 1.13 bits per heavy atom. The summed E-state index contributed by atoms with van der Waals surface area (Å²) >= 11 is 6.04. The third-order valence-corrected chi connectivity index (χ3v) is 5.28. The number of carbonyl (C=O) groups excluding carboxylic acids is 3. The van der Waals surface area contributed by atoms with E-state index in [2.05, 4.69) is 10.6 Å². The first-order valence-corrected chi connectivity index (χ1v) is 10.3. The first-order chi connectivity index (χ1) is 14.7. The molecule has 1 aromatic heterocycles. The summed E-state index contributed by atoms with van der Waals surface area (Å²) in [4.78, 5) is 47.7. The van der Waals surface area contributed by atoms with Crippen LogP contribution in [0.3, 0.4) is 0 Å². The maximum atomic E-state index is 12.5. The lowest BCUT2D eigenvalue weighted by molar-refractivity contribution is -0.385. The van der Waals surface area contributed by atoms with E-state index >= 15 is 0 Å². The molecule has 0 atom stereocenters. The summed E-state index contributed by atoms with van der Waals surface area (Å²) in [5.74, 6) is -2.10. The molecule has 0 saturated carbocycles. The van der Waals surface area contributed by atoms with E-state index < -0.39 is 22.8 Å². The Morgan fingerprint density at radius 2 is 1.74 bits per heavy atom. The van der Waals surface area contributed by atoms with Gasteiger partial charge < -0.3 is 14.8 Å². The molecule has 0 spiro atoms. The number of anilines is 1. The minimum atomic E-state index is -0.804. The minimum absolute atomic E-state index is 0.0807. The third kappa shape index (κ3) is 5.61. The molecule has 0 aliphatic carbocycles. The molecule has 1 amide bonds. The van der Waals surface area contributed by atoms with Crippen LogP contribution in [-0.2, 0) is 9.47 Å². The van der Waals surface area contributed by atoms with Crippen molar-refractivity contribution in [2.75, 3.05) is 18.5 Å². The van der Waals surface area contributed by atoms with E-state index in [0.29, 0.717) is 5.56 Å². The first-order valence-electron chi connectivity index (χ1n) is 9.04.